The van der Waals surface area contributed by atoms with Crippen LogP contribution in [0.25, 0.3) is 0 Å². The molecule has 3 N–H and O–H groups in total. The summed E-state index contributed by atoms with van der Waals surface area (Å²) in [4.78, 5) is 11.3. The molecule has 0 saturated heterocycles. The SMILES string of the molecule is COc1ccc(C(C)C(=O)NN)c(Cl)c1. The second-order valence-electron chi connectivity index (χ2n) is 3.12. The molecule has 0 heterocycles. The Bertz CT molecular complexity index is 368. The van der Waals surface area contributed by atoms with Gasteiger partial charge >= 0.3 is 0 Å². The van der Waals surface area contributed by atoms with Crippen molar-refractivity contribution < 1.29 is 9.53 Å². The molecule has 1 atom stereocenters. The van der Waals surface area contributed by atoms with E-state index >= 15 is 0 Å². The minimum atomic E-state index is -0.381. The van der Waals surface area contributed by atoms with Gasteiger partial charge in [0.2, 0.25) is 5.91 Å². The Hall–Kier alpha value is -1.26. The van der Waals surface area contributed by atoms with Gasteiger partial charge in [-0.25, -0.2) is 5.84 Å². The van der Waals surface area contributed by atoms with Crippen LogP contribution in [-0.4, -0.2) is 13.0 Å². The van der Waals surface area contributed by atoms with Crippen molar-refractivity contribution in [1.82, 2.24) is 5.43 Å². The number of halogens is 1. The van der Waals surface area contributed by atoms with Gasteiger partial charge in [0, 0.05) is 5.02 Å². The van der Waals surface area contributed by atoms with Crippen molar-refractivity contribution in [2.45, 2.75) is 12.8 Å². The number of ether oxygens (including phenoxy) is 1. The van der Waals surface area contributed by atoms with Gasteiger partial charge in [-0.05, 0) is 24.6 Å². The summed E-state index contributed by atoms with van der Waals surface area (Å²) in [5.74, 6) is 5.05. The summed E-state index contributed by atoms with van der Waals surface area (Å²) in [6.07, 6.45) is 0. The number of hydrogen-bond donors (Lipinski definition) is 2. The van der Waals surface area contributed by atoms with Gasteiger partial charge in [0.05, 0.1) is 13.0 Å². The lowest BCUT2D eigenvalue weighted by atomic mass is 10.0. The fourth-order valence-corrected chi connectivity index (χ4v) is 1.59. The second-order valence-corrected chi connectivity index (χ2v) is 3.52. The second kappa shape index (κ2) is 5.00. The van der Waals surface area contributed by atoms with Crippen molar-refractivity contribution in [2.75, 3.05) is 7.11 Å². The Morgan fingerprint density at radius 2 is 2.27 bits per heavy atom. The van der Waals surface area contributed by atoms with Crippen molar-refractivity contribution >= 4 is 17.5 Å². The van der Waals surface area contributed by atoms with E-state index in [4.69, 9.17) is 22.2 Å². The molecule has 0 aliphatic rings. The summed E-state index contributed by atoms with van der Waals surface area (Å²) in [5, 5.41) is 0.491. The molecule has 0 spiro atoms. The zero-order chi connectivity index (χ0) is 11.4. The molecule has 1 amide bonds. The zero-order valence-corrected chi connectivity index (χ0v) is 9.34. The van der Waals surface area contributed by atoms with Crippen molar-refractivity contribution in [3.05, 3.63) is 28.8 Å². The Morgan fingerprint density at radius 1 is 1.60 bits per heavy atom. The predicted molar refractivity (Wildman–Crippen MR) is 58.7 cm³/mol. The molecule has 5 heteroatoms. The van der Waals surface area contributed by atoms with Crippen LogP contribution in [0, 0.1) is 0 Å². The van der Waals surface area contributed by atoms with E-state index in [1.807, 2.05) is 0 Å². The molecule has 15 heavy (non-hydrogen) atoms. The van der Waals surface area contributed by atoms with Crippen molar-refractivity contribution in [2.24, 2.45) is 5.84 Å². The summed E-state index contributed by atoms with van der Waals surface area (Å²) in [5.41, 5.74) is 2.81. The standard InChI is InChI=1S/C10H13ClN2O2/c1-6(10(14)13-12)8-4-3-7(15-2)5-9(8)11/h3-6H,12H2,1-2H3,(H,13,14). The summed E-state index contributed by atoms with van der Waals surface area (Å²) in [6.45, 7) is 1.73. The fraction of sp³-hybridized carbons (Fsp3) is 0.300. The van der Waals surface area contributed by atoms with E-state index in [-0.39, 0.29) is 11.8 Å². The lowest BCUT2D eigenvalue weighted by Gasteiger charge is -2.12. The van der Waals surface area contributed by atoms with Gasteiger partial charge in [0.25, 0.3) is 0 Å². The third-order valence-electron chi connectivity index (χ3n) is 2.21. The van der Waals surface area contributed by atoms with Gasteiger partial charge in [-0.2, -0.15) is 0 Å². The average molecular weight is 229 g/mol. The van der Waals surface area contributed by atoms with Gasteiger partial charge in [-0.1, -0.05) is 17.7 Å². The number of nitrogens with two attached hydrogens (primary N) is 1. The molecule has 82 valence electrons. The highest BCUT2D eigenvalue weighted by atomic mass is 35.5. The number of rotatable bonds is 3. The average Bonchev–Trinajstić information content (AvgIpc) is 2.26. The van der Waals surface area contributed by atoms with Crippen LogP contribution in [0.1, 0.15) is 18.4 Å². The van der Waals surface area contributed by atoms with Crippen LogP contribution in [0.3, 0.4) is 0 Å². The van der Waals surface area contributed by atoms with E-state index in [0.29, 0.717) is 10.8 Å². The Kier molecular flexibility index (Phi) is 3.94. The van der Waals surface area contributed by atoms with Gasteiger partial charge in [-0.3, -0.25) is 10.2 Å². The van der Waals surface area contributed by atoms with E-state index in [0.717, 1.165) is 5.56 Å². The lowest BCUT2D eigenvalue weighted by Crippen LogP contribution is -2.33. The summed E-state index contributed by atoms with van der Waals surface area (Å²) < 4.78 is 5.01. The van der Waals surface area contributed by atoms with Crippen LogP contribution in [0.15, 0.2) is 18.2 Å². The number of carbonyl (C=O) groups excluding carboxylic acids is 1. The third kappa shape index (κ3) is 2.61. The van der Waals surface area contributed by atoms with Crippen molar-refractivity contribution in [1.29, 1.82) is 0 Å². The molecular weight excluding hydrogens is 216 g/mol. The molecule has 0 aliphatic carbocycles. The first-order valence-electron chi connectivity index (χ1n) is 4.44. The largest absolute Gasteiger partial charge is 0.497 e. The van der Waals surface area contributed by atoms with E-state index in [1.54, 1.807) is 32.2 Å². The molecule has 0 bridgehead atoms. The minimum Gasteiger partial charge on any atom is -0.497 e. The van der Waals surface area contributed by atoms with Gasteiger partial charge in [0.15, 0.2) is 0 Å². The van der Waals surface area contributed by atoms with Gasteiger partial charge in [0.1, 0.15) is 5.75 Å². The quantitative estimate of drug-likeness (QED) is 0.468. The number of amides is 1. The van der Waals surface area contributed by atoms with Crippen LogP contribution in [0.2, 0.25) is 5.02 Å². The van der Waals surface area contributed by atoms with Crippen molar-refractivity contribution in [3.63, 3.8) is 0 Å². The number of carbonyl (C=O) groups is 1. The number of hydrogen-bond acceptors (Lipinski definition) is 3. The first-order chi connectivity index (χ1) is 7.10. The van der Waals surface area contributed by atoms with Crippen LogP contribution < -0.4 is 16.0 Å². The zero-order valence-electron chi connectivity index (χ0n) is 8.58. The molecule has 0 saturated carbocycles. The summed E-state index contributed by atoms with van der Waals surface area (Å²) >= 11 is 6.00. The highest BCUT2D eigenvalue weighted by molar-refractivity contribution is 6.31. The highest BCUT2D eigenvalue weighted by Crippen LogP contribution is 2.28. The van der Waals surface area contributed by atoms with E-state index in [9.17, 15) is 4.79 Å². The van der Waals surface area contributed by atoms with Crippen LogP contribution in [-0.2, 0) is 4.79 Å². The molecular formula is C10H13ClN2O2. The normalized spacial score (nSPS) is 12.0. The first kappa shape index (κ1) is 11.8. The molecule has 1 unspecified atom stereocenters. The smallest absolute Gasteiger partial charge is 0.241 e. The first-order valence-corrected chi connectivity index (χ1v) is 4.81. The molecule has 0 aliphatic heterocycles. The summed E-state index contributed by atoms with van der Waals surface area (Å²) in [6, 6.07) is 5.17. The summed E-state index contributed by atoms with van der Waals surface area (Å²) in [7, 11) is 1.56. The third-order valence-corrected chi connectivity index (χ3v) is 2.54. The maximum absolute atomic E-state index is 11.3. The van der Waals surface area contributed by atoms with Crippen molar-refractivity contribution in [3.8, 4) is 5.75 Å². The fourth-order valence-electron chi connectivity index (χ4n) is 1.25. The monoisotopic (exact) mass is 228 g/mol. The number of nitrogens with one attached hydrogen (secondary N) is 1. The topological polar surface area (TPSA) is 64.3 Å². The maximum Gasteiger partial charge on any atom is 0.241 e. The van der Waals surface area contributed by atoms with E-state index in [1.165, 1.54) is 0 Å². The van der Waals surface area contributed by atoms with E-state index in [2.05, 4.69) is 5.43 Å². The molecule has 0 aromatic heterocycles. The van der Waals surface area contributed by atoms with Crippen LogP contribution in [0.4, 0.5) is 0 Å². The molecule has 0 fully saturated rings. The van der Waals surface area contributed by atoms with Crippen LogP contribution in [0.5, 0.6) is 5.75 Å². The number of hydrazine groups is 1. The van der Waals surface area contributed by atoms with E-state index < -0.39 is 0 Å². The molecule has 1 aromatic rings. The Balaban J connectivity index is 3.00. The molecule has 4 nitrogen and oxygen atoms in total. The Morgan fingerprint density at radius 3 is 2.73 bits per heavy atom. The Labute approximate surface area is 93.3 Å². The molecule has 1 aromatic carbocycles. The lowest BCUT2D eigenvalue weighted by molar-refractivity contribution is -0.122. The molecule has 1 rings (SSSR count). The minimum absolute atomic E-state index is 0.276. The number of benzene rings is 1. The highest BCUT2D eigenvalue weighted by Gasteiger charge is 2.17. The van der Waals surface area contributed by atoms with Gasteiger partial charge in [-0.15, -0.1) is 0 Å². The molecule has 0 radical (unpaired) electrons. The van der Waals surface area contributed by atoms with Gasteiger partial charge < -0.3 is 4.74 Å². The number of methoxy groups -OCH3 is 1. The predicted octanol–water partition coefficient (Wildman–Crippen LogP) is 1.44. The maximum atomic E-state index is 11.3. The van der Waals surface area contributed by atoms with Crippen LogP contribution >= 0.6 is 11.6 Å².